The minimum Gasteiger partial charge on any atom is -0.490 e. The summed E-state index contributed by atoms with van der Waals surface area (Å²) in [5, 5.41) is 2.62. The number of aromatic nitrogens is 1. The van der Waals surface area contributed by atoms with Crippen LogP contribution in [0.25, 0.3) is 0 Å². The Morgan fingerprint density at radius 2 is 2.19 bits per heavy atom. The van der Waals surface area contributed by atoms with Gasteiger partial charge in [-0.3, -0.25) is 4.79 Å². The SMILES string of the molecule is C#CCCOc1cccc(CNC(=O)c2ccc(COC)nc2N)c1F. The lowest BCUT2D eigenvalue weighted by atomic mass is 10.1. The molecule has 1 aromatic carbocycles. The predicted molar refractivity (Wildman–Crippen MR) is 95.9 cm³/mol. The maximum Gasteiger partial charge on any atom is 0.255 e. The number of pyridine rings is 1. The molecule has 0 spiro atoms. The molecule has 0 saturated heterocycles. The summed E-state index contributed by atoms with van der Waals surface area (Å²) in [7, 11) is 1.54. The molecule has 0 fully saturated rings. The summed E-state index contributed by atoms with van der Waals surface area (Å²) in [6.07, 6.45) is 5.52. The molecular formula is C19H20FN3O3. The minimum absolute atomic E-state index is 0.0176. The maximum atomic E-state index is 14.4. The summed E-state index contributed by atoms with van der Waals surface area (Å²) in [5.74, 6) is 1.62. The Morgan fingerprint density at radius 1 is 1.38 bits per heavy atom. The zero-order valence-electron chi connectivity index (χ0n) is 14.4. The number of halogens is 1. The first kappa shape index (κ1) is 19.2. The average molecular weight is 357 g/mol. The van der Waals surface area contributed by atoms with E-state index in [2.05, 4.69) is 16.2 Å². The molecule has 1 aromatic heterocycles. The van der Waals surface area contributed by atoms with Gasteiger partial charge in [0, 0.05) is 25.6 Å². The highest BCUT2D eigenvalue weighted by Gasteiger charge is 2.14. The summed E-state index contributed by atoms with van der Waals surface area (Å²) < 4.78 is 24.6. The molecule has 0 saturated carbocycles. The lowest BCUT2D eigenvalue weighted by Crippen LogP contribution is -2.25. The van der Waals surface area contributed by atoms with E-state index in [1.54, 1.807) is 24.3 Å². The second-order valence-electron chi connectivity index (χ2n) is 5.38. The predicted octanol–water partition coefficient (Wildman–Crippen LogP) is 2.28. The van der Waals surface area contributed by atoms with Gasteiger partial charge in [0.2, 0.25) is 0 Å². The highest BCUT2D eigenvalue weighted by atomic mass is 19.1. The average Bonchev–Trinajstić information content (AvgIpc) is 2.62. The number of nitrogens with two attached hydrogens (primary N) is 1. The third kappa shape index (κ3) is 4.94. The molecule has 0 bridgehead atoms. The van der Waals surface area contributed by atoms with Gasteiger partial charge in [0.1, 0.15) is 5.82 Å². The first-order valence-corrected chi connectivity index (χ1v) is 7.93. The molecule has 0 aliphatic heterocycles. The Hall–Kier alpha value is -3.11. The van der Waals surface area contributed by atoms with Crippen molar-refractivity contribution in [2.75, 3.05) is 19.5 Å². The molecule has 0 aliphatic rings. The van der Waals surface area contributed by atoms with Crippen molar-refractivity contribution < 1.29 is 18.7 Å². The number of nitrogens with zero attached hydrogens (tertiary/aromatic N) is 1. The normalized spacial score (nSPS) is 10.2. The number of carbonyl (C=O) groups is 1. The van der Waals surface area contributed by atoms with E-state index in [9.17, 15) is 9.18 Å². The quantitative estimate of drug-likeness (QED) is 0.559. The number of terminal acetylenes is 1. The van der Waals surface area contributed by atoms with Crippen molar-refractivity contribution in [1.29, 1.82) is 0 Å². The van der Waals surface area contributed by atoms with E-state index in [1.807, 2.05) is 0 Å². The molecule has 0 radical (unpaired) electrons. The van der Waals surface area contributed by atoms with Crippen LogP contribution in [0.3, 0.4) is 0 Å². The van der Waals surface area contributed by atoms with Crippen LogP contribution in [0.15, 0.2) is 30.3 Å². The molecular weight excluding hydrogens is 337 g/mol. The van der Waals surface area contributed by atoms with Crippen molar-refractivity contribution in [3.63, 3.8) is 0 Å². The van der Waals surface area contributed by atoms with Crippen LogP contribution in [0.2, 0.25) is 0 Å². The Balaban J connectivity index is 2.03. The first-order chi connectivity index (χ1) is 12.6. The Labute approximate surface area is 151 Å². The van der Waals surface area contributed by atoms with Crippen molar-refractivity contribution in [1.82, 2.24) is 10.3 Å². The van der Waals surface area contributed by atoms with Crippen LogP contribution in [-0.2, 0) is 17.9 Å². The molecule has 7 heteroatoms. The van der Waals surface area contributed by atoms with Crippen LogP contribution in [-0.4, -0.2) is 24.6 Å². The molecule has 136 valence electrons. The fraction of sp³-hybridized carbons (Fsp3) is 0.263. The molecule has 3 N–H and O–H groups in total. The van der Waals surface area contributed by atoms with E-state index in [4.69, 9.17) is 21.6 Å². The summed E-state index contributed by atoms with van der Waals surface area (Å²) in [6, 6.07) is 7.92. The summed E-state index contributed by atoms with van der Waals surface area (Å²) in [4.78, 5) is 16.4. The molecule has 26 heavy (non-hydrogen) atoms. The van der Waals surface area contributed by atoms with Gasteiger partial charge < -0.3 is 20.5 Å². The van der Waals surface area contributed by atoms with Crippen molar-refractivity contribution in [3.05, 3.63) is 53.0 Å². The molecule has 2 rings (SSSR count). The van der Waals surface area contributed by atoms with Gasteiger partial charge in [-0.25, -0.2) is 9.37 Å². The maximum absolute atomic E-state index is 14.4. The van der Waals surface area contributed by atoms with E-state index >= 15 is 0 Å². The van der Waals surface area contributed by atoms with Gasteiger partial charge in [-0.15, -0.1) is 12.3 Å². The lowest BCUT2D eigenvalue weighted by Gasteiger charge is -2.11. The Morgan fingerprint density at radius 3 is 2.88 bits per heavy atom. The lowest BCUT2D eigenvalue weighted by molar-refractivity contribution is 0.0951. The topological polar surface area (TPSA) is 86.5 Å². The van der Waals surface area contributed by atoms with E-state index in [0.717, 1.165) is 0 Å². The van der Waals surface area contributed by atoms with E-state index in [0.29, 0.717) is 24.3 Å². The number of amides is 1. The van der Waals surface area contributed by atoms with Crippen molar-refractivity contribution >= 4 is 11.7 Å². The number of methoxy groups -OCH3 is 1. The van der Waals surface area contributed by atoms with Crippen molar-refractivity contribution in [2.24, 2.45) is 0 Å². The van der Waals surface area contributed by atoms with E-state index < -0.39 is 11.7 Å². The molecule has 1 heterocycles. The Kier molecular flexibility index (Phi) is 6.94. The highest BCUT2D eigenvalue weighted by molar-refractivity contribution is 5.98. The number of rotatable bonds is 8. The fourth-order valence-corrected chi connectivity index (χ4v) is 2.23. The smallest absolute Gasteiger partial charge is 0.255 e. The minimum atomic E-state index is -0.536. The monoisotopic (exact) mass is 357 g/mol. The van der Waals surface area contributed by atoms with Gasteiger partial charge in [-0.1, -0.05) is 12.1 Å². The van der Waals surface area contributed by atoms with Gasteiger partial charge in [-0.05, 0) is 18.2 Å². The third-order valence-electron chi connectivity index (χ3n) is 3.51. The highest BCUT2D eigenvalue weighted by Crippen LogP contribution is 2.21. The van der Waals surface area contributed by atoms with E-state index in [1.165, 1.54) is 13.2 Å². The first-order valence-electron chi connectivity index (χ1n) is 7.93. The van der Waals surface area contributed by atoms with Crippen LogP contribution < -0.4 is 15.8 Å². The van der Waals surface area contributed by atoms with Gasteiger partial charge >= 0.3 is 0 Å². The summed E-state index contributed by atoms with van der Waals surface area (Å²) in [5.41, 5.74) is 6.93. The standard InChI is InChI=1S/C19H20FN3O3/c1-3-4-10-26-16-7-5-6-13(17(16)20)11-22-19(24)15-9-8-14(12-25-2)23-18(15)21/h1,5-9H,4,10-12H2,2H3,(H2,21,23)(H,22,24). The molecule has 6 nitrogen and oxygen atoms in total. The fourth-order valence-electron chi connectivity index (χ4n) is 2.23. The summed E-state index contributed by atoms with van der Waals surface area (Å²) in [6.45, 7) is 0.499. The zero-order valence-corrected chi connectivity index (χ0v) is 14.4. The number of hydrogen-bond donors (Lipinski definition) is 2. The largest absolute Gasteiger partial charge is 0.490 e. The molecule has 0 unspecified atom stereocenters. The van der Waals surface area contributed by atoms with Gasteiger partial charge in [-0.2, -0.15) is 0 Å². The Bertz CT molecular complexity index is 818. The number of nitrogen functional groups attached to an aromatic ring is 1. The van der Waals surface area contributed by atoms with E-state index in [-0.39, 0.29) is 30.3 Å². The number of carbonyl (C=O) groups excluding carboxylic acids is 1. The number of ether oxygens (including phenoxy) is 2. The molecule has 1 amide bonds. The van der Waals surface area contributed by atoms with Crippen LogP contribution in [0.4, 0.5) is 10.2 Å². The van der Waals surface area contributed by atoms with Crippen LogP contribution >= 0.6 is 0 Å². The third-order valence-corrected chi connectivity index (χ3v) is 3.51. The van der Waals surface area contributed by atoms with Gasteiger partial charge in [0.25, 0.3) is 5.91 Å². The zero-order chi connectivity index (χ0) is 18.9. The van der Waals surface area contributed by atoms with Gasteiger partial charge in [0.05, 0.1) is 24.5 Å². The number of anilines is 1. The van der Waals surface area contributed by atoms with Crippen LogP contribution in [0.1, 0.15) is 28.0 Å². The second-order valence-corrected chi connectivity index (χ2v) is 5.38. The molecule has 0 atom stereocenters. The molecule has 2 aromatic rings. The number of benzene rings is 1. The summed E-state index contributed by atoms with van der Waals surface area (Å²) >= 11 is 0. The van der Waals surface area contributed by atoms with Crippen molar-refractivity contribution in [2.45, 2.75) is 19.6 Å². The van der Waals surface area contributed by atoms with Crippen molar-refractivity contribution in [3.8, 4) is 18.1 Å². The molecule has 0 aliphatic carbocycles. The number of nitrogens with one attached hydrogen (secondary N) is 1. The van der Waals surface area contributed by atoms with Crippen LogP contribution in [0, 0.1) is 18.2 Å². The van der Waals surface area contributed by atoms with Gasteiger partial charge in [0.15, 0.2) is 11.6 Å². The second kappa shape index (κ2) is 9.39. The number of hydrogen-bond acceptors (Lipinski definition) is 5. The van der Waals surface area contributed by atoms with Crippen LogP contribution in [0.5, 0.6) is 5.75 Å².